The van der Waals surface area contributed by atoms with Gasteiger partial charge in [-0.1, -0.05) is 29.8 Å². The number of halogens is 3. The molecule has 0 atom stereocenters. The Morgan fingerprint density at radius 1 is 1.14 bits per heavy atom. The highest BCUT2D eigenvalue weighted by molar-refractivity contribution is 5.92. The van der Waals surface area contributed by atoms with Crippen LogP contribution in [-0.4, -0.2) is 30.8 Å². The zero-order valence-electron chi connectivity index (χ0n) is 16.3. The summed E-state index contributed by atoms with van der Waals surface area (Å²) in [7, 11) is 1.76. The Morgan fingerprint density at radius 3 is 2.36 bits per heavy atom. The summed E-state index contributed by atoms with van der Waals surface area (Å²) in [6.45, 7) is 5.68. The Balaban J connectivity index is 2.32. The molecule has 2 aromatic carbocycles. The quantitative estimate of drug-likeness (QED) is 0.381. The lowest BCUT2D eigenvalue weighted by Gasteiger charge is -2.17. The fraction of sp³-hybridized carbons (Fsp3) is 0.333. The van der Waals surface area contributed by atoms with Gasteiger partial charge in [0.1, 0.15) is 6.61 Å². The van der Waals surface area contributed by atoms with Gasteiger partial charge in [-0.05, 0) is 44.0 Å². The van der Waals surface area contributed by atoms with Crippen LogP contribution in [0.5, 0.6) is 0 Å². The largest absolute Gasteiger partial charge is 0.457 e. The predicted octanol–water partition coefficient (Wildman–Crippen LogP) is 5.29. The minimum atomic E-state index is -4.70. The summed E-state index contributed by atoms with van der Waals surface area (Å²) in [6, 6.07) is 9.73. The number of nitrogens with zero attached hydrogens (tertiary/aromatic N) is 2. The van der Waals surface area contributed by atoms with E-state index in [1.807, 2.05) is 26.0 Å². The van der Waals surface area contributed by atoms with E-state index in [1.54, 1.807) is 24.1 Å². The standard InChI is InChI=1S/C21H23F3N2O2/c1-5-26(4)13-25-18-11-10-17(19(15(18)3)21(22,23)24)20(27)28-12-16-8-6-14(2)7-9-16/h6-11,13H,5,12H2,1-4H3/b25-13+. The molecule has 0 aliphatic carbocycles. The number of aryl methyl sites for hydroxylation is 1. The van der Waals surface area contributed by atoms with E-state index in [1.165, 1.54) is 19.3 Å². The van der Waals surface area contributed by atoms with E-state index in [9.17, 15) is 18.0 Å². The van der Waals surface area contributed by atoms with Crippen LogP contribution in [0.3, 0.4) is 0 Å². The topological polar surface area (TPSA) is 41.9 Å². The second-order valence-electron chi connectivity index (χ2n) is 6.51. The zero-order chi connectivity index (χ0) is 20.9. The molecule has 4 nitrogen and oxygen atoms in total. The van der Waals surface area contributed by atoms with Crippen LogP contribution in [0.4, 0.5) is 18.9 Å². The van der Waals surface area contributed by atoms with Crippen molar-refractivity contribution in [2.45, 2.75) is 33.6 Å². The van der Waals surface area contributed by atoms with Crippen molar-refractivity contribution in [1.82, 2.24) is 4.90 Å². The monoisotopic (exact) mass is 392 g/mol. The number of ether oxygens (including phenoxy) is 1. The maximum atomic E-state index is 13.7. The Labute approximate surface area is 162 Å². The molecule has 0 unspecified atom stereocenters. The van der Waals surface area contributed by atoms with Crippen molar-refractivity contribution in [2.24, 2.45) is 4.99 Å². The molecule has 0 heterocycles. The first kappa shape index (κ1) is 21.5. The number of carbonyl (C=O) groups is 1. The van der Waals surface area contributed by atoms with Gasteiger partial charge < -0.3 is 9.64 Å². The first-order valence-corrected chi connectivity index (χ1v) is 8.81. The number of carbonyl (C=O) groups excluding carboxylic acids is 1. The van der Waals surface area contributed by atoms with Crippen molar-refractivity contribution >= 4 is 18.0 Å². The molecule has 0 aliphatic heterocycles. The van der Waals surface area contributed by atoms with Gasteiger partial charge >= 0.3 is 12.1 Å². The molecule has 0 saturated heterocycles. The van der Waals surface area contributed by atoms with Crippen LogP contribution >= 0.6 is 0 Å². The number of esters is 1. The molecular formula is C21H23F3N2O2. The molecule has 0 amide bonds. The van der Waals surface area contributed by atoms with Gasteiger partial charge in [0.2, 0.25) is 0 Å². The van der Waals surface area contributed by atoms with Crippen molar-refractivity contribution in [1.29, 1.82) is 0 Å². The molecule has 0 aromatic heterocycles. The number of hydrogen-bond donors (Lipinski definition) is 0. The number of alkyl halides is 3. The van der Waals surface area contributed by atoms with Crippen LogP contribution in [0.15, 0.2) is 41.4 Å². The maximum Gasteiger partial charge on any atom is 0.417 e. The molecule has 0 radical (unpaired) electrons. The molecule has 7 heteroatoms. The molecule has 0 N–H and O–H groups in total. The highest BCUT2D eigenvalue weighted by Gasteiger charge is 2.38. The van der Waals surface area contributed by atoms with Crippen molar-refractivity contribution in [2.75, 3.05) is 13.6 Å². The normalized spacial score (nSPS) is 11.7. The Kier molecular flexibility index (Phi) is 6.83. The smallest absolute Gasteiger partial charge is 0.417 e. The highest BCUT2D eigenvalue weighted by Crippen LogP contribution is 2.38. The van der Waals surface area contributed by atoms with Crippen LogP contribution < -0.4 is 0 Å². The molecule has 150 valence electrons. The first-order chi connectivity index (χ1) is 13.1. The number of aliphatic imine (C=N–C) groups is 1. The Morgan fingerprint density at radius 2 is 1.79 bits per heavy atom. The summed E-state index contributed by atoms with van der Waals surface area (Å²) in [4.78, 5) is 18.2. The average Bonchev–Trinajstić information content (AvgIpc) is 2.64. The lowest BCUT2D eigenvalue weighted by atomic mass is 9.99. The van der Waals surface area contributed by atoms with E-state index in [0.29, 0.717) is 12.1 Å². The summed E-state index contributed by atoms with van der Waals surface area (Å²) >= 11 is 0. The molecule has 0 fully saturated rings. The van der Waals surface area contributed by atoms with Crippen LogP contribution in [-0.2, 0) is 17.5 Å². The maximum absolute atomic E-state index is 13.7. The van der Waals surface area contributed by atoms with Crippen LogP contribution in [0, 0.1) is 13.8 Å². The minimum absolute atomic E-state index is 0.101. The zero-order valence-corrected chi connectivity index (χ0v) is 16.3. The van der Waals surface area contributed by atoms with E-state index in [2.05, 4.69) is 4.99 Å². The number of rotatable bonds is 6. The molecular weight excluding hydrogens is 369 g/mol. The summed E-state index contributed by atoms with van der Waals surface area (Å²) in [6.07, 6.45) is -3.25. The lowest BCUT2D eigenvalue weighted by Crippen LogP contribution is -2.17. The third kappa shape index (κ3) is 5.34. The first-order valence-electron chi connectivity index (χ1n) is 8.81. The average molecular weight is 392 g/mol. The van der Waals surface area contributed by atoms with Crippen molar-refractivity contribution in [3.05, 3.63) is 64.2 Å². The fourth-order valence-corrected chi connectivity index (χ4v) is 2.53. The van der Waals surface area contributed by atoms with Gasteiger partial charge in [0.05, 0.1) is 23.2 Å². The van der Waals surface area contributed by atoms with Crippen molar-refractivity contribution in [3.8, 4) is 0 Å². The molecule has 2 rings (SSSR count). The van der Waals surface area contributed by atoms with Crippen LogP contribution in [0.2, 0.25) is 0 Å². The van der Waals surface area contributed by atoms with Crippen molar-refractivity contribution < 1.29 is 22.7 Å². The second kappa shape index (κ2) is 8.91. The van der Waals surface area contributed by atoms with Crippen LogP contribution in [0.25, 0.3) is 0 Å². The fourth-order valence-electron chi connectivity index (χ4n) is 2.53. The summed E-state index contributed by atoms with van der Waals surface area (Å²) in [5.41, 5.74) is 0.249. The SMILES string of the molecule is CCN(C)/C=N/c1ccc(C(=O)OCc2ccc(C)cc2)c(C(F)(F)F)c1C. The van der Waals surface area contributed by atoms with E-state index in [-0.39, 0.29) is 17.9 Å². The minimum Gasteiger partial charge on any atom is -0.457 e. The number of benzene rings is 2. The second-order valence-corrected chi connectivity index (χ2v) is 6.51. The van der Waals surface area contributed by atoms with Gasteiger partial charge in [-0.2, -0.15) is 13.2 Å². The summed E-state index contributed by atoms with van der Waals surface area (Å²) < 4.78 is 46.1. The van der Waals surface area contributed by atoms with Gasteiger partial charge in [0.15, 0.2) is 0 Å². The highest BCUT2D eigenvalue weighted by atomic mass is 19.4. The third-order valence-electron chi connectivity index (χ3n) is 4.32. The van der Waals surface area contributed by atoms with E-state index >= 15 is 0 Å². The predicted molar refractivity (Wildman–Crippen MR) is 103 cm³/mol. The molecule has 0 bridgehead atoms. The van der Waals surface area contributed by atoms with Gasteiger partial charge in [-0.15, -0.1) is 0 Å². The number of hydrogen-bond acceptors (Lipinski definition) is 3. The van der Waals surface area contributed by atoms with E-state index < -0.39 is 23.3 Å². The summed E-state index contributed by atoms with van der Waals surface area (Å²) in [5.74, 6) is -1.02. The lowest BCUT2D eigenvalue weighted by molar-refractivity contribution is -0.138. The van der Waals surface area contributed by atoms with E-state index in [0.717, 1.165) is 11.6 Å². The van der Waals surface area contributed by atoms with Gasteiger partial charge in [-0.3, -0.25) is 0 Å². The molecule has 0 saturated carbocycles. The Hall–Kier alpha value is -2.83. The van der Waals surface area contributed by atoms with E-state index in [4.69, 9.17) is 4.74 Å². The molecule has 0 aliphatic rings. The summed E-state index contributed by atoms with van der Waals surface area (Å²) in [5, 5.41) is 0. The molecule has 28 heavy (non-hydrogen) atoms. The third-order valence-corrected chi connectivity index (χ3v) is 4.32. The Bertz CT molecular complexity index is 859. The van der Waals surface area contributed by atoms with Gasteiger partial charge in [0.25, 0.3) is 0 Å². The molecule has 0 spiro atoms. The van der Waals surface area contributed by atoms with Gasteiger partial charge in [0, 0.05) is 13.6 Å². The molecule has 2 aromatic rings. The van der Waals surface area contributed by atoms with Gasteiger partial charge in [-0.25, -0.2) is 9.79 Å². The van der Waals surface area contributed by atoms with Crippen molar-refractivity contribution in [3.63, 3.8) is 0 Å². The van der Waals surface area contributed by atoms with Crippen LogP contribution in [0.1, 0.15) is 39.5 Å².